The molecule has 0 radical (unpaired) electrons. The number of carbonyl (C=O) groups excluding carboxylic acids is 1. The summed E-state index contributed by atoms with van der Waals surface area (Å²) in [6.45, 7) is 11.6. The molecule has 2 fully saturated rings. The number of epoxide rings is 1. The zero-order chi connectivity index (χ0) is 26.0. The van der Waals surface area contributed by atoms with Crippen molar-refractivity contribution in [3.8, 4) is 0 Å². The van der Waals surface area contributed by atoms with Gasteiger partial charge in [0.1, 0.15) is 12.3 Å². The van der Waals surface area contributed by atoms with Crippen molar-refractivity contribution in [3.05, 3.63) is 64.7 Å². The normalized spacial score (nSPS) is 22.7. The summed E-state index contributed by atoms with van der Waals surface area (Å²) in [6, 6.07) is 13.2. The molecule has 2 saturated heterocycles. The first kappa shape index (κ1) is 26.8. The molecule has 8 heteroatoms. The maximum atomic E-state index is 13.6. The number of ether oxygens (including phenoxy) is 1. The van der Waals surface area contributed by atoms with E-state index in [0.717, 1.165) is 18.4 Å². The Kier molecular flexibility index (Phi) is 8.19. The highest BCUT2D eigenvalue weighted by Gasteiger charge is 2.52. The van der Waals surface area contributed by atoms with Crippen LogP contribution >= 0.6 is 0 Å². The van der Waals surface area contributed by atoms with Crippen LogP contribution in [0.3, 0.4) is 0 Å². The van der Waals surface area contributed by atoms with Crippen LogP contribution in [-0.4, -0.2) is 61.5 Å². The van der Waals surface area contributed by atoms with Gasteiger partial charge in [-0.15, -0.1) is 0 Å². The second-order valence-electron chi connectivity index (χ2n) is 10.3. The summed E-state index contributed by atoms with van der Waals surface area (Å²) in [6.07, 6.45) is 1.63. The minimum Gasteiger partial charge on any atom is -0.351 e. The van der Waals surface area contributed by atoms with Crippen molar-refractivity contribution in [2.45, 2.75) is 83.2 Å². The molecule has 2 heterocycles. The minimum absolute atomic E-state index is 0.0497. The number of nitrogens with one attached hydrogen (secondary N) is 1. The highest BCUT2D eigenvalue weighted by molar-refractivity contribution is 7.89. The number of aryl methyl sites for hydroxylation is 2. The van der Waals surface area contributed by atoms with Crippen molar-refractivity contribution in [1.29, 1.82) is 0 Å². The summed E-state index contributed by atoms with van der Waals surface area (Å²) < 4.78 is 34.8. The number of rotatable bonds is 9. The first-order chi connectivity index (χ1) is 17.1. The average Bonchev–Trinajstić information content (AvgIpc) is 3.63. The first-order valence-electron chi connectivity index (χ1n) is 13.0. The number of nitrogens with zero attached hydrogens (tertiary/aromatic N) is 2. The largest absolute Gasteiger partial charge is 0.351 e. The Morgan fingerprint density at radius 2 is 1.86 bits per heavy atom. The first-order valence-corrected chi connectivity index (χ1v) is 14.4. The van der Waals surface area contributed by atoms with Gasteiger partial charge in [-0.2, -0.15) is 4.31 Å². The number of amides is 1. The zero-order valence-corrected chi connectivity index (χ0v) is 22.8. The Bertz CT molecular complexity index is 1180. The number of hydrogen-bond acceptors (Lipinski definition) is 5. The molecule has 2 aliphatic heterocycles. The van der Waals surface area contributed by atoms with E-state index in [4.69, 9.17) is 4.74 Å². The van der Waals surface area contributed by atoms with Crippen molar-refractivity contribution in [1.82, 2.24) is 14.5 Å². The van der Waals surface area contributed by atoms with Gasteiger partial charge in [-0.1, -0.05) is 57.5 Å². The molecule has 0 aliphatic carbocycles. The summed E-state index contributed by atoms with van der Waals surface area (Å²) in [5.74, 6) is 0.276. The standard InChI is InChI=1S/C28H39N3O4S/c1-6-7-22-8-9-24(20(4)16-22)17-29-28-27(35-28)26-18-30(21(5)32)14-15-31(26)36(33,34)25-12-10-23(11-13-25)19(2)3/h8-13,16,19,26-29H,6-7,14-15,17-18H2,1-5H3/t26-,27?,28?/m1/s1. The molecule has 7 nitrogen and oxygen atoms in total. The fraction of sp³-hybridized carbons (Fsp3) is 0.536. The van der Waals surface area contributed by atoms with Crippen molar-refractivity contribution < 1.29 is 17.9 Å². The van der Waals surface area contributed by atoms with E-state index in [9.17, 15) is 13.2 Å². The topological polar surface area (TPSA) is 82.2 Å². The molecule has 0 saturated carbocycles. The summed E-state index contributed by atoms with van der Waals surface area (Å²) in [4.78, 5) is 14.1. The van der Waals surface area contributed by atoms with E-state index in [2.05, 4.69) is 51.2 Å². The van der Waals surface area contributed by atoms with Crippen LogP contribution in [0.15, 0.2) is 47.4 Å². The molecule has 2 unspecified atom stereocenters. The summed E-state index contributed by atoms with van der Waals surface area (Å²) in [7, 11) is -3.73. The van der Waals surface area contributed by atoms with Gasteiger partial charge in [-0.3, -0.25) is 10.1 Å². The number of hydrogen-bond donors (Lipinski definition) is 1. The van der Waals surface area contributed by atoms with E-state index in [1.807, 2.05) is 12.1 Å². The Morgan fingerprint density at radius 3 is 2.47 bits per heavy atom. The van der Waals surface area contributed by atoms with Gasteiger partial charge in [0.05, 0.1) is 10.9 Å². The van der Waals surface area contributed by atoms with E-state index in [0.29, 0.717) is 25.6 Å². The average molecular weight is 514 g/mol. The molecule has 0 spiro atoms. The predicted molar refractivity (Wildman–Crippen MR) is 141 cm³/mol. The SMILES string of the molecule is CCCc1ccc(CNC2OC2[C@H]2CN(C(C)=O)CCN2S(=O)(=O)c2ccc(C(C)C)cc2)c(C)c1. The van der Waals surface area contributed by atoms with Crippen LogP contribution in [0.2, 0.25) is 0 Å². The molecular weight excluding hydrogens is 474 g/mol. The number of benzene rings is 2. The van der Waals surface area contributed by atoms with Gasteiger partial charge >= 0.3 is 0 Å². The monoisotopic (exact) mass is 513 g/mol. The van der Waals surface area contributed by atoms with Crippen LogP contribution in [0.1, 0.15) is 62.3 Å². The lowest BCUT2D eigenvalue weighted by Gasteiger charge is -2.39. The highest BCUT2D eigenvalue weighted by Crippen LogP contribution is 2.33. The number of piperazine rings is 1. The molecule has 2 aliphatic rings. The van der Waals surface area contributed by atoms with E-state index in [1.54, 1.807) is 17.0 Å². The van der Waals surface area contributed by atoms with Gasteiger partial charge in [0.2, 0.25) is 15.9 Å². The van der Waals surface area contributed by atoms with E-state index in [-0.39, 0.29) is 29.7 Å². The van der Waals surface area contributed by atoms with Crippen LogP contribution < -0.4 is 5.32 Å². The fourth-order valence-electron chi connectivity index (χ4n) is 5.00. The molecule has 2 aromatic carbocycles. The van der Waals surface area contributed by atoms with Gasteiger partial charge in [0, 0.05) is 33.1 Å². The van der Waals surface area contributed by atoms with E-state index < -0.39 is 16.1 Å². The van der Waals surface area contributed by atoms with Crippen molar-refractivity contribution >= 4 is 15.9 Å². The lowest BCUT2D eigenvalue weighted by atomic mass is 10.0. The Balaban J connectivity index is 1.48. The third-order valence-electron chi connectivity index (χ3n) is 7.31. The molecule has 1 N–H and O–H groups in total. The third kappa shape index (κ3) is 5.83. The van der Waals surface area contributed by atoms with Crippen LogP contribution in [0.5, 0.6) is 0 Å². The number of carbonyl (C=O) groups is 1. The van der Waals surface area contributed by atoms with Gasteiger partial charge in [0.25, 0.3) is 0 Å². The molecule has 0 aromatic heterocycles. The van der Waals surface area contributed by atoms with Gasteiger partial charge in [0.15, 0.2) is 0 Å². The van der Waals surface area contributed by atoms with Gasteiger partial charge < -0.3 is 9.64 Å². The van der Waals surface area contributed by atoms with Crippen LogP contribution in [0.25, 0.3) is 0 Å². The molecule has 4 rings (SSSR count). The Labute approximate surface area is 215 Å². The lowest BCUT2D eigenvalue weighted by Crippen LogP contribution is -2.58. The van der Waals surface area contributed by atoms with Crippen molar-refractivity contribution in [2.24, 2.45) is 0 Å². The van der Waals surface area contributed by atoms with Crippen molar-refractivity contribution in [3.63, 3.8) is 0 Å². The second-order valence-corrected chi connectivity index (χ2v) is 12.2. The van der Waals surface area contributed by atoms with Crippen LogP contribution in [0, 0.1) is 6.92 Å². The molecule has 196 valence electrons. The maximum Gasteiger partial charge on any atom is 0.243 e. The zero-order valence-electron chi connectivity index (χ0n) is 22.0. The lowest BCUT2D eigenvalue weighted by molar-refractivity contribution is -0.131. The second kappa shape index (κ2) is 11.0. The van der Waals surface area contributed by atoms with E-state index in [1.165, 1.54) is 27.9 Å². The Hall–Kier alpha value is -2.26. The molecule has 36 heavy (non-hydrogen) atoms. The smallest absolute Gasteiger partial charge is 0.243 e. The summed E-state index contributed by atoms with van der Waals surface area (Å²) in [5.41, 5.74) is 4.88. The predicted octanol–water partition coefficient (Wildman–Crippen LogP) is 3.81. The molecule has 1 amide bonds. The Morgan fingerprint density at radius 1 is 1.14 bits per heavy atom. The highest BCUT2D eigenvalue weighted by atomic mass is 32.2. The quantitative estimate of drug-likeness (QED) is 0.516. The van der Waals surface area contributed by atoms with Gasteiger partial charge in [-0.25, -0.2) is 8.42 Å². The molecular formula is C28H39N3O4S. The molecule has 2 aromatic rings. The van der Waals surface area contributed by atoms with Crippen LogP contribution in [-0.2, 0) is 32.5 Å². The van der Waals surface area contributed by atoms with Crippen LogP contribution in [0.4, 0.5) is 0 Å². The number of sulfonamides is 1. The summed E-state index contributed by atoms with van der Waals surface area (Å²) >= 11 is 0. The van der Waals surface area contributed by atoms with E-state index >= 15 is 0 Å². The minimum atomic E-state index is -3.73. The molecule has 3 atom stereocenters. The third-order valence-corrected chi connectivity index (χ3v) is 9.25. The summed E-state index contributed by atoms with van der Waals surface area (Å²) in [5, 5.41) is 3.44. The van der Waals surface area contributed by atoms with Gasteiger partial charge in [-0.05, 0) is 53.6 Å². The maximum absolute atomic E-state index is 13.6. The molecule has 0 bridgehead atoms. The van der Waals surface area contributed by atoms with Crippen molar-refractivity contribution in [2.75, 3.05) is 19.6 Å². The fourth-order valence-corrected chi connectivity index (χ4v) is 6.61.